The summed E-state index contributed by atoms with van der Waals surface area (Å²) in [4.78, 5) is 23.2. The number of carboxylic acids is 1. The molecule has 23 heavy (non-hydrogen) atoms. The summed E-state index contributed by atoms with van der Waals surface area (Å²) in [6.07, 6.45) is 0. The number of hydrogen-bond acceptors (Lipinski definition) is 4. The van der Waals surface area contributed by atoms with Crippen molar-refractivity contribution in [1.82, 2.24) is 0 Å². The van der Waals surface area contributed by atoms with Crippen LogP contribution >= 0.6 is 11.6 Å². The van der Waals surface area contributed by atoms with E-state index in [1.54, 1.807) is 18.2 Å². The second-order valence-electron chi connectivity index (χ2n) is 4.64. The molecular weight excluding hydrogens is 324 g/mol. The number of anilines is 2. The van der Waals surface area contributed by atoms with E-state index in [0.717, 1.165) is 0 Å². The molecule has 1 heterocycles. The summed E-state index contributed by atoms with van der Waals surface area (Å²) in [5, 5.41) is 14.5. The molecule has 8 heteroatoms. The van der Waals surface area contributed by atoms with E-state index in [4.69, 9.17) is 26.2 Å². The Morgan fingerprint density at radius 2 is 1.83 bits per heavy atom. The molecule has 0 radical (unpaired) electrons. The Hall–Kier alpha value is -2.93. The van der Waals surface area contributed by atoms with Crippen LogP contribution in [0.1, 0.15) is 10.4 Å². The minimum absolute atomic E-state index is 0.0600. The van der Waals surface area contributed by atoms with Crippen LogP contribution in [0.25, 0.3) is 0 Å². The van der Waals surface area contributed by atoms with Gasteiger partial charge in [-0.05, 0) is 30.3 Å². The zero-order valence-electron chi connectivity index (χ0n) is 11.6. The average molecular weight is 335 g/mol. The smallest absolute Gasteiger partial charge is 0.337 e. The molecule has 118 valence electrons. The van der Waals surface area contributed by atoms with Crippen molar-refractivity contribution in [1.29, 1.82) is 0 Å². The molecule has 2 amide bonds. The van der Waals surface area contributed by atoms with E-state index in [-0.39, 0.29) is 18.0 Å². The number of benzene rings is 2. The second-order valence-corrected chi connectivity index (χ2v) is 5.08. The largest absolute Gasteiger partial charge is 0.478 e. The number of carbonyl (C=O) groups excluding carboxylic acids is 1. The van der Waals surface area contributed by atoms with E-state index in [0.29, 0.717) is 22.2 Å². The SMILES string of the molecule is O=C(Nc1ccc2c(c1)OCO2)Nc1cc(Cl)ccc1C(=O)O. The monoisotopic (exact) mass is 334 g/mol. The molecule has 0 saturated carbocycles. The maximum absolute atomic E-state index is 12.0. The zero-order chi connectivity index (χ0) is 16.4. The molecule has 0 fully saturated rings. The van der Waals surface area contributed by atoms with Crippen molar-refractivity contribution in [3.63, 3.8) is 0 Å². The number of urea groups is 1. The van der Waals surface area contributed by atoms with Crippen LogP contribution in [-0.4, -0.2) is 23.9 Å². The van der Waals surface area contributed by atoms with Crippen LogP contribution in [-0.2, 0) is 0 Å². The molecule has 0 unspecified atom stereocenters. The van der Waals surface area contributed by atoms with Gasteiger partial charge in [0.05, 0.1) is 11.3 Å². The van der Waals surface area contributed by atoms with Crippen LogP contribution in [0, 0.1) is 0 Å². The number of halogens is 1. The van der Waals surface area contributed by atoms with Crippen molar-refractivity contribution in [3.05, 3.63) is 47.0 Å². The molecule has 2 aromatic carbocycles. The van der Waals surface area contributed by atoms with Gasteiger partial charge in [-0.1, -0.05) is 11.6 Å². The number of carboxylic acid groups (broad SMARTS) is 1. The Bertz CT molecular complexity index is 793. The van der Waals surface area contributed by atoms with Crippen LogP contribution in [0.5, 0.6) is 11.5 Å². The van der Waals surface area contributed by atoms with Crippen molar-refractivity contribution in [2.75, 3.05) is 17.4 Å². The molecule has 0 saturated heterocycles. The maximum Gasteiger partial charge on any atom is 0.337 e. The number of hydrogen-bond donors (Lipinski definition) is 3. The third-order valence-electron chi connectivity index (χ3n) is 3.09. The summed E-state index contributed by atoms with van der Waals surface area (Å²) in [5.74, 6) is -0.0456. The van der Waals surface area contributed by atoms with Crippen LogP contribution in [0.2, 0.25) is 5.02 Å². The van der Waals surface area contributed by atoms with Crippen LogP contribution in [0.3, 0.4) is 0 Å². The predicted octanol–water partition coefficient (Wildman–Crippen LogP) is 3.41. The minimum Gasteiger partial charge on any atom is -0.478 e. The van der Waals surface area contributed by atoms with Gasteiger partial charge in [0.15, 0.2) is 11.5 Å². The molecule has 7 nitrogen and oxygen atoms in total. The van der Waals surface area contributed by atoms with Gasteiger partial charge in [0.25, 0.3) is 0 Å². The van der Waals surface area contributed by atoms with Crippen molar-refractivity contribution >= 4 is 35.0 Å². The molecule has 0 atom stereocenters. The highest BCUT2D eigenvalue weighted by Crippen LogP contribution is 2.34. The number of carbonyl (C=O) groups is 2. The molecular formula is C15H11ClN2O5. The first-order valence-electron chi connectivity index (χ1n) is 6.53. The number of nitrogens with one attached hydrogen (secondary N) is 2. The Kier molecular flexibility index (Phi) is 3.94. The van der Waals surface area contributed by atoms with Crippen LogP contribution < -0.4 is 20.1 Å². The molecule has 3 rings (SSSR count). The number of fused-ring (bicyclic) bond motifs is 1. The maximum atomic E-state index is 12.0. The van der Waals surface area contributed by atoms with E-state index in [9.17, 15) is 9.59 Å². The van der Waals surface area contributed by atoms with Crippen molar-refractivity contribution in [3.8, 4) is 11.5 Å². The second kappa shape index (κ2) is 6.05. The summed E-state index contributed by atoms with van der Waals surface area (Å²) < 4.78 is 10.4. The third kappa shape index (κ3) is 3.29. The molecule has 0 spiro atoms. The van der Waals surface area contributed by atoms with E-state index >= 15 is 0 Å². The molecule has 1 aliphatic rings. The van der Waals surface area contributed by atoms with Crippen molar-refractivity contribution < 1.29 is 24.2 Å². The van der Waals surface area contributed by atoms with E-state index in [1.165, 1.54) is 18.2 Å². The fourth-order valence-electron chi connectivity index (χ4n) is 2.07. The number of ether oxygens (including phenoxy) is 2. The fraction of sp³-hybridized carbons (Fsp3) is 0.0667. The van der Waals surface area contributed by atoms with Crippen molar-refractivity contribution in [2.45, 2.75) is 0 Å². The van der Waals surface area contributed by atoms with Gasteiger partial charge in [-0.25, -0.2) is 9.59 Å². The molecule has 0 aromatic heterocycles. The predicted molar refractivity (Wildman–Crippen MR) is 83.6 cm³/mol. The molecule has 3 N–H and O–H groups in total. The normalized spacial score (nSPS) is 11.9. The highest BCUT2D eigenvalue weighted by atomic mass is 35.5. The van der Waals surface area contributed by atoms with Gasteiger partial charge in [0.1, 0.15) is 0 Å². The third-order valence-corrected chi connectivity index (χ3v) is 3.33. The zero-order valence-corrected chi connectivity index (χ0v) is 12.4. The van der Waals surface area contributed by atoms with Gasteiger partial charge in [-0.2, -0.15) is 0 Å². The molecule has 2 aromatic rings. The molecule has 0 bridgehead atoms. The minimum atomic E-state index is -1.17. The first-order chi connectivity index (χ1) is 11.0. The first kappa shape index (κ1) is 15.0. The van der Waals surface area contributed by atoms with Gasteiger partial charge in [0.2, 0.25) is 6.79 Å². The summed E-state index contributed by atoms with van der Waals surface area (Å²) in [5.41, 5.74) is 0.518. The summed E-state index contributed by atoms with van der Waals surface area (Å²) >= 11 is 5.83. The lowest BCUT2D eigenvalue weighted by atomic mass is 10.2. The standard InChI is InChI=1S/C15H11ClN2O5/c16-8-1-3-10(14(19)20)11(5-8)18-15(21)17-9-2-4-12-13(6-9)23-7-22-12/h1-6H,7H2,(H,19,20)(H2,17,18,21). The Morgan fingerprint density at radius 1 is 1.04 bits per heavy atom. The van der Waals surface area contributed by atoms with Gasteiger partial charge in [-0.3, -0.25) is 0 Å². The lowest BCUT2D eigenvalue weighted by Gasteiger charge is -2.10. The van der Waals surface area contributed by atoms with E-state index < -0.39 is 12.0 Å². The van der Waals surface area contributed by atoms with Gasteiger partial charge >= 0.3 is 12.0 Å². The summed E-state index contributed by atoms with van der Waals surface area (Å²) in [6, 6.07) is 8.44. The number of aromatic carboxylic acids is 1. The highest BCUT2D eigenvalue weighted by molar-refractivity contribution is 6.31. The van der Waals surface area contributed by atoms with Crippen LogP contribution in [0.15, 0.2) is 36.4 Å². The fourth-order valence-corrected chi connectivity index (χ4v) is 2.24. The van der Waals surface area contributed by atoms with E-state index in [2.05, 4.69) is 10.6 Å². The number of amides is 2. The Balaban J connectivity index is 1.75. The number of rotatable bonds is 3. The lowest BCUT2D eigenvalue weighted by molar-refractivity contribution is 0.0698. The molecule has 0 aliphatic carbocycles. The highest BCUT2D eigenvalue weighted by Gasteiger charge is 2.16. The average Bonchev–Trinajstić information content (AvgIpc) is 2.94. The quantitative estimate of drug-likeness (QED) is 0.799. The Morgan fingerprint density at radius 3 is 2.61 bits per heavy atom. The summed E-state index contributed by atoms with van der Waals surface area (Å²) in [7, 11) is 0. The van der Waals surface area contributed by atoms with Gasteiger partial charge in [0, 0.05) is 16.8 Å². The topological polar surface area (TPSA) is 96.9 Å². The van der Waals surface area contributed by atoms with Gasteiger partial charge in [-0.15, -0.1) is 0 Å². The lowest BCUT2D eigenvalue weighted by Crippen LogP contribution is -2.21. The first-order valence-corrected chi connectivity index (χ1v) is 6.91. The van der Waals surface area contributed by atoms with Gasteiger partial charge < -0.3 is 25.2 Å². The van der Waals surface area contributed by atoms with Crippen molar-refractivity contribution in [2.24, 2.45) is 0 Å². The molecule has 1 aliphatic heterocycles. The Labute approximate surface area is 135 Å². The van der Waals surface area contributed by atoms with Crippen LogP contribution in [0.4, 0.5) is 16.2 Å². The summed E-state index contributed by atoms with van der Waals surface area (Å²) in [6.45, 7) is 0.134. The van der Waals surface area contributed by atoms with E-state index in [1.807, 2.05) is 0 Å².